The summed E-state index contributed by atoms with van der Waals surface area (Å²) < 4.78 is 5.44. The smallest absolute Gasteiger partial charge is 0.0468 e. The fourth-order valence-corrected chi connectivity index (χ4v) is 3.24. The van der Waals surface area contributed by atoms with Crippen LogP contribution in [-0.2, 0) is 4.74 Å². The Kier molecular flexibility index (Phi) is 5.49. The van der Waals surface area contributed by atoms with E-state index < -0.39 is 0 Å². The summed E-state index contributed by atoms with van der Waals surface area (Å²) in [6.07, 6.45) is 4.94. The van der Waals surface area contributed by atoms with Gasteiger partial charge in [0, 0.05) is 24.1 Å². The van der Waals surface area contributed by atoms with Gasteiger partial charge in [0.2, 0.25) is 0 Å². The zero-order valence-corrected chi connectivity index (χ0v) is 11.5. The van der Waals surface area contributed by atoms with E-state index in [1.165, 1.54) is 30.6 Å². The molecular formula is C14H23NOS. The highest BCUT2D eigenvalue weighted by Gasteiger charge is 2.20. The molecule has 0 radical (unpaired) electrons. The van der Waals surface area contributed by atoms with E-state index in [-0.39, 0.29) is 0 Å². The largest absolute Gasteiger partial charge is 0.381 e. The quantitative estimate of drug-likeness (QED) is 0.836. The van der Waals surface area contributed by atoms with E-state index in [2.05, 4.69) is 29.8 Å². The molecule has 1 saturated heterocycles. The van der Waals surface area contributed by atoms with Crippen LogP contribution in [0.15, 0.2) is 17.5 Å². The van der Waals surface area contributed by atoms with Gasteiger partial charge in [-0.1, -0.05) is 13.0 Å². The Morgan fingerprint density at radius 1 is 1.47 bits per heavy atom. The van der Waals surface area contributed by atoms with Crippen molar-refractivity contribution in [3.05, 3.63) is 22.4 Å². The molecule has 0 aromatic carbocycles. The molecule has 0 saturated carbocycles. The van der Waals surface area contributed by atoms with Gasteiger partial charge in [-0.3, -0.25) is 0 Å². The Hall–Kier alpha value is -0.380. The molecule has 1 N–H and O–H groups in total. The molecular weight excluding hydrogens is 230 g/mol. The van der Waals surface area contributed by atoms with Crippen LogP contribution in [0.4, 0.5) is 0 Å². The maximum absolute atomic E-state index is 5.44. The number of nitrogens with one attached hydrogen (secondary N) is 1. The molecule has 0 amide bonds. The highest BCUT2D eigenvalue weighted by atomic mass is 32.1. The van der Waals surface area contributed by atoms with Crippen LogP contribution in [0.25, 0.3) is 0 Å². The van der Waals surface area contributed by atoms with Gasteiger partial charge in [-0.05, 0) is 49.6 Å². The Morgan fingerprint density at radius 3 is 2.94 bits per heavy atom. The van der Waals surface area contributed by atoms with Gasteiger partial charge >= 0.3 is 0 Å². The number of rotatable bonds is 6. The predicted molar refractivity (Wildman–Crippen MR) is 73.5 cm³/mol. The van der Waals surface area contributed by atoms with E-state index in [0.29, 0.717) is 6.04 Å². The molecule has 0 spiro atoms. The van der Waals surface area contributed by atoms with Crippen LogP contribution in [0, 0.1) is 5.92 Å². The lowest BCUT2D eigenvalue weighted by atomic mass is 9.92. The SMILES string of the molecule is CCCNC(CC1CCOCC1)c1cccs1. The van der Waals surface area contributed by atoms with Gasteiger partial charge in [0.15, 0.2) is 0 Å². The molecule has 1 aliphatic rings. The Morgan fingerprint density at radius 2 is 2.29 bits per heavy atom. The predicted octanol–water partition coefficient (Wildman–Crippen LogP) is 3.61. The van der Waals surface area contributed by atoms with Crippen LogP contribution in [0.1, 0.15) is 43.5 Å². The third-order valence-corrected chi connectivity index (χ3v) is 4.42. The molecule has 3 heteroatoms. The van der Waals surface area contributed by atoms with Gasteiger partial charge in [-0.2, -0.15) is 0 Å². The van der Waals surface area contributed by atoms with E-state index in [9.17, 15) is 0 Å². The van der Waals surface area contributed by atoms with Crippen molar-refractivity contribution in [2.45, 2.75) is 38.6 Å². The summed E-state index contributed by atoms with van der Waals surface area (Å²) in [4.78, 5) is 1.49. The van der Waals surface area contributed by atoms with Gasteiger partial charge < -0.3 is 10.1 Å². The van der Waals surface area contributed by atoms with Crippen molar-refractivity contribution in [2.24, 2.45) is 5.92 Å². The standard InChI is InChI=1S/C14H23NOS/c1-2-7-15-13(14-4-3-10-17-14)11-12-5-8-16-9-6-12/h3-4,10,12-13,15H,2,5-9,11H2,1H3. The summed E-state index contributed by atoms with van der Waals surface area (Å²) in [6.45, 7) is 5.25. The van der Waals surface area contributed by atoms with E-state index >= 15 is 0 Å². The summed E-state index contributed by atoms with van der Waals surface area (Å²) in [6, 6.07) is 4.97. The van der Waals surface area contributed by atoms with Crippen molar-refractivity contribution < 1.29 is 4.74 Å². The summed E-state index contributed by atoms with van der Waals surface area (Å²) in [5.74, 6) is 0.834. The van der Waals surface area contributed by atoms with Crippen LogP contribution in [0.2, 0.25) is 0 Å². The third-order valence-electron chi connectivity index (χ3n) is 3.44. The van der Waals surface area contributed by atoms with Gasteiger partial charge in [-0.25, -0.2) is 0 Å². The highest BCUT2D eigenvalue weighted by molar-refractivity contribution is 7.10. The zero-order chi connectivity index (χ0) is 11.9. The summed E-state index contributed by atoms with van der Waals surface area (Å²) >= 11 is 1.88. The maximum Gasteiger partial charge on any atom is 0.0468 e. The first-order valence-corrected chi connectivity index (χ1v) is 7.62. The summed E-state index contributed by atoms with van der Waals surface area (Å²) in [7, 11) is 0. The van der Waals surface area contributed by atoms with Crippen LogP contribution >= 0.6 is 11.3 Å². The van der Waals surface area contributed by atoms with Crippen molar-refractivity contribution in [2.75, 3.05) is 19.8 Å². The van der Waals surface area contributed by atoms with Gasteiger partial charge in [-0.15, -0.1) is 11.3 Å². The van der Waals surface area contributed by atoms with Crippen LogP contribution in [-0.4, -0.2) is 19.8 Å². The molecule has 1 aromatic rings. The third kappa shape index (κ3) is 4.09. The van der Waals surface area contributed by atoms with Gasteiger partial charge in [0.05, 0.1) is 0 Å². The Balaban J connectivity index is 1.90. The summed E-state index contributed by atoms with van der Waals surface area (Å²) in [5, 5.41) is 5.87. The molecule has 1 aromatic heterocycles. The van der Waals surface area contributed by atoms with Crippen LogP contribution in [0.5, 0.6) is 0 Å². The van der Waals surface area contributed by atoms with Crippen LogP contribution < -0.4 is 5.32 Å². The van der Waals surface area contributed by atoms with E-state index in [4.69, 9.17) is 4.74 Å². The van der Waals surface area contributed by atoms with E-state index in [1.54, 1.807) is 0 Å². The number of hydrogen-bond donors (Lipinski definition) is 1. The Bertz CT molecular complexity index is 293. The second-order valence-corrected chi connectivity index (χ2v) is 5.79. The van der Waals surface area contributed by atoms with Crippen molar-refractivity contribution in [1.82, 2.24) is 5.32 Å². The van der Waals surface area contributed by atoms with Crippen molar-refractivity contribution in [1.29, 1.82) is 0 Å². The first-order chi connectivity index (χ1) is 8.40. The first kappa shape index (κ1) is 13.1. The van der Waals surface area contributed by atoms with Crippen molar-refractivity contribution in [3.63, 3.8) is 0 Å². The second-order valence-electron chi connectivity index (χ2n) is 4.81. The minimum Gasteiger partial charge on any atom is -0.381 e. The highest BCUT2D eigenvalue weighted by Crippen LogP contribution is 2.29. The Labute approximate surface area is 108 Å². The average Bonchev–Trinajstić information content (AvgIpc) is 2.89. The molecule has 2 nitrogen and oxygen atoms in total. The molecule has 2 rings (SSSR count). The normalized spacial score (nSPS) is 19.4. The molecule has 1 fully saturated rings. The minimum atomic E-state index is 0.554. The average molecular weight is 253 g/mol. The molecule has 1 aliphatic heterocycles. The molecule has 0 bridgehead atoms. The molecule has 1 unspecified atom stereocenters. The number of ether oxygens (including phenoxy) is 1. The first-order valence-electron chi connectivity index (χ1n) is 6.74. The fraction of sp³-hybridized carbons (Fsp3) is 0.714. The number of thiophene rings is 1. The molecule has 96 valence electrons. The minimum absolute atomic E-state index is 0.554. The second kappa shape index (κ2) is 7.14. The molecule has 2 heterocycles. The monoisotopic (exact) mass is 253 g/mol. The lowest BCUT2D eigenvalue weighted by Crippen LogP contribution is -2.26. The van der Waals surface area contributed by atoms with E-state index in [1.807, 2.05) is 11.3 Å². The van der Waals surface area contributed by atoms with Crippen LogP contribution in [0.3, 0.4) is 0 Å². The van der Waals surface area contributed by atoms with Crippen molar-refractivity contribution >= 4 is 11.3 Å². The molecule has 0 aliphatic carbocycles. The molecule has 17 heavy (non-hydrogen) atoms. The van der Waals surface area contributed by atoms with Gasteiger partial charge in [0.1, 0.15) is 0 Å². The van der Waals surface area contributed by atoms with E-state index in [0.717, 1.165) is 25.7 Å². The topological polar surface area (TPSA) is 21.3 Å². The lowest BCUT2D eigenvalue weighted by Gasteiger charge is -2.26. The van der Waals surface area contributed by atoms with Crippen molar-refractivity contribution in [3.8, 4) is 0 Å². The van der Waals surface area contributed by atoms with Gasteiger partial charge in [0.25, 0.3) is 0 Å². The summed E-state index contributed by atoms with van der Waals surface area (Å²) in [5.41, 5.74) is 0. The number of hydrogen-bond acceptors (Lipinski definition) is 3. The fourth-order valence-electron chi connectivity index (χ4n) is 2.42. The lowest BCUT2D eigenvalue weighted by molar-refractivity contribution is 0.0606. The molecule has 1 atom stereocenters. The maximum atomic E-state index is 5.44. The zero-order valence-electron chi connectivity index (χ0n) is 10.7.